The number of aromatic nitrogens is 2. The Morgan fingerprint density at radius 3 is 2.59 bits per heavy atom. The second-order valence-corrected chi connectivity index (χ2v) is 9.16. The lowest BCUT2D eigenvalue weighted by atomic mass is 9.78. The minimum Gasteiger partial charge on any atom is -0.507 e. The maximum absolute atomic E-state index is 13.6. The van der Waals surface area contributed by atoms with Crippen molar-refractivity contribution in [2.45, 2.75) is 31.8 Å². The SMILES string of the molecule is CC1(C)COC(C)(c2cncs2)c2c1n(-c1ccc(F)cc1)c1cccc(O)c21. The van der Waals surface area contributed by atoms with E-state index < -0.39 is 5.60 Å². The Morgan fingerprint density at radius 1 is 1.14 bits per heavy atom. The highest BCUT2D eigenvalue weighted by molar-refractivity contribution is 7.09. The van der Waals surface area contributed by atoms with Crippen LogP contribution in [0.2, 0.25) is 0 Å². The van der Waals surface area contributed by atoms with E-state index in [4.69, 9.17) is 4.74 Å². The molecule has 1 atom stereocenters. The van der Waals surface area contributed by atoms with Crippen LogP contribution in [0.5, 0.6) is 5.75 Å². The maximum atomic E-state index is 13.6. The van der Waals surface area contributed by atoms with E-state index in [2.05, 4.69) is 23.4 Å². The summed E-state index contributed by atoms with van der Waals surface area (Å²) in [5.74, 6) is -0.0735. The highest BCUT2D eigenvalue weighted by atomic mass is 32.1. The Bertz CT molecular complexity index is 1210. The molecule has 2 aromatic carbocycles. The van der Waals surface area contributed by atoms with Gasteiger partial charge in [-0.25, -0.2) is 4.39 Å². The van der Waals surface area contributed by atoms with Crippen LogP contribution in [0.1, 0.15) is 36.9 Å². The maximum Gasteiger partial charge on any atom is 0.128 e. The molecule has 148 valence electrons. The minimum atomic E-state index is -0.742. The molecule has 1 aliphatic heterocycles. The average molecular weight is 408 g/mol. The largest absolute Gasteiger partial charge is 0.507 e. The molecule has 5 rings (SSSR count). The lowest BCUT2D eigenvalue weighted by molar-refractivity contribution is -0.0415. The fraction of sp³-hybridized carbons (Fsp3) is 0.261. The summed E-state index contributed by atoms with van der Waals surface area (Å²) < 4.78 is 22.2. The van der Waals surface area contributed by atoms with Gasteiger partial charge in [0.1, 0.15) is 17.2 Å². The van der Waals surface area contributed by atoms with E-state index in [1.165, 1.54) is 23.5 Å². The molecule has 0 aliphatic carbocycles. The van der Waals surface area contributed by atoms with E-state index in [1.54, 1.807) is 23.7 Å². The number of nitrogens with zero attached hydrogens (tertiary/aromatic N) is 2. The third kappa shape index (κ3) is 2.56. The van der Waals surface area contributed by atoms with Gasteiger partial charge in [0.2, 0.25) is 0 Å². The molecule has 6 heteroatoms. The number of hydrogen-bond donors (Lipinski definition) is 1. The summed E-state index contributed by atoms with van der Waals surface area (Å²) in [5, 5.41) is 11.7. The van der Waals surface area contributed by atoms with Crippen LogP contribution < -0.4 is 0 Å². The minimum absolute atomic E-state index is 0.205. The van der Waals surface area contributed by atoms with E-state index in [0.717, 1.165) is 32.7 Å². The molecule has 1 aliphatic rings. The number of benzene rings is 2. The zero-order valence-electron chi connectivity index (χ0n) is 16.4. The van der Waals surface area contributed by atoms with Gasteiger partial charge in [-0.3, -0.25) is 4.98 Å². The van der Waals surface area contributed by atoms with Crippen LogP contribution in [0.15, 0.2) is 54.2 Å². The van der Waals surface area contributed by atoms with Gasteiger partial charge in [-0.2, -0.15) is 0 Å². The quantitative estimate of drug-likeness (QED) is 0.476. The second-order valence-electron chi connectivity index (χ2n) is 8.28. The van der Waals surface area contributed by atoms with Gasteiger partial charge in [0.05, 0.1) is 22.5 Å². The molecule has 29 heavy (non-hydrogen) atoms. The van der Waals surface area contributed by atoms with Crippen LogP contribution in [-0.2, 0) is 15.8 Å². The molecule has 4 aromatic rings. The summed E-state index contributed by atoms with van der Waals surface area (Å²) in [6.45, 7) is 6.81. The lowest BCUT2D eigenvalue weighted by Crippen LogP contribution is -2.42. The van der Waals surface area contributed by atoms with Gasteiger partial charge in [-0.1, -0.05) is 19.9 Å². The summed E-state index contributed by atoms with van der Waals surface area (Å²) in [4.78, 5) is 5.24. The first-order chi connectivity index (χ1) is 13.8. The fourth-order valence-electron chi connectivity index (χ4n) is 4.40. The molecule has 2 aromatic heterocycles. The summed E-state index contributed by atoms with van der Waals surface area (Å²) in [6.07, 6.45) is 1.83. The van der Waals surface area contributed by atoms with Crippen LogP contribution in [0.25, 0.3) is 16.6 Å². The van der Waals surface area contributed by atoms with Crippen molar-refractivity contribution in [3.8, 4) is 11.4 Å². The smallest absolute Gasteiger partial charge is 0.128 e. The van der Waals surface area contributed by atoms with Gasteiger partial charge >= 0.3 is 0 Å². The van der Waals surface area contributed by atoms with Gasteiger partial charge < -0.3 is 14.4 Å². The summed E-state index contributed by atoms with van der Waals surface area (Å²) in [7, 11) is 0. The molecule has 0 bridgehead atoms. The summed E-state index contributed by atoms with van der Waals surface area (Å²) >= 11 is 1.54. The Hall–Kier alpha value is -2.70. The number of thiazole rings is 1. The number of halogens is 1. The molecule has 0 fully saturated rings. The van der Waals surface area contributed by atoms with Crippen molar-refractivity contribution in [2.24, 2.45) is 0 Å². The van der Waals surface area contributed by atoms with E-state index in [-0.39, 0.29) is 17.0 Å². The third-order valence-corrected chi connectivity index (χ3v) is 6.77. The fourth-order valence-corrected chi connectivity index (χ4v) is 5.14. The number of phenols is 1. The first kappa shape index (κ1) is 18.3. The van der Waals surface area contributed by atoms with Crippen molar-refractivity contribution in [3.05, 3.63) is 76.1 Å². The monoisotopic (exact) mass is 408 g/mol. The van der Waals surface area contributed by atoms with E-state index in [0.29, 0.717) is 6.61 Å². The van der Waals surface area contributed by atoms with Gasteiger partial charge in [-0.15, -0.1) is 11.3 Å². The molecule has 1 N–H and O–H groups in total. The molecule has 0 radical (unpaired) electrons. The van der Waals surface area contributed by atoms with Gasteiger partial charge in [0, 0.05) is 33.9 Å². The topological polar surface area (TPSA) is 47.3 Å². The highest BCUT2D eigenvalue weighted by Crippen LogP contribution is 2.52. The molecule has 1 unspecified atom stereocenters. The lowest BCUT2D eigenvalue weighted by Gasteiger charge is -2.42. The van der Waals surface area contributed by atoms with Gasteiger partial charge in [-0.05, 0) is 43.3 Å². The number of phenolic OH excluding ortho intramolecular Hbond substituents is 1. The molecule has 0 saturated heterocycles. The van der Waals surface area contributed by atoms with E-state index >= 15 is 0 Å². The average Bonchev–Trinajstić information content (AvgIpc) is 3.34. The number of ether oxygens (including phenoxy) is 1. The normalized spacial score (nSPS) is 20.7. The van der Waals surface area contributed by atoms with Gasteiger partial charge in [0.15, 0.2) is 0 Å². The third-order valence-electron chi connectivity index (χ3n) is 5.80. The zero-order chi connectivity index (χ0) is 20.4. The standard InChI is InChI=1S/C23H21FN2O2S/c1-22(2)12-28-23(3,18-11-25-13-29-18)20-19-16(5-4-6-17(19)27)26(21(20)22)15-9-7-14(24)8-10-15/h4-11,13,27H,12H2,1-3H3. The van der Waals surface area contributed by atoms with Crippen molar-refractivity contribution in [3.63, 3.8) is 0 Å². The van der Waals surface area contributed by atoms with E-state index in [1.807, 2.05) is 25.3 Å². The van der Waals surface area contributed by atoms with Crippen molar-refractivity contribution in [1.29, 1.82) is 0 Å². The predicted molar refractivity (Wildman–Crippen MR) is 112 cm³/mol. The van der Waals surface area contributed by atoms with Gasteiger partial charge in [0.25, 0.3) is 0 Å². The predicted octanol–water partition coefficient (Wildman–Crippen LogP) is 5.50. The Labute approximate surface area is 172 Å². The number of fused-ring (bicyclic) bond motifs is 3. The molecular weight excluding hydrogens is 387 g/mol. The number of aromatic hydroxyl groups is 1. The van der Waals surface area contributed by atoms with Crippen LogP contribution in [-0.4, -0.2) is 21.3 Å². The summed E-state index contributed by atoms with van der Waals surface area (Å²) in [6, 6.07) is 12.0. The first-order valence-electron chi connectivity index (χ1n) is 9.49. The Kier molecular flexibility index (Phi) is 3.89. The number of rotatable bonds is 2. The number of hydrogen-bond acceptors (Lipinski definition) is 4. The van der Waals surface area contributed by atoms with Crippen LogP contribution >= 0.6 is 11.3 Å². The molecular formula is C23H21FN2O2S. The van der Waals surface area contributed by atoms with Crippen LogP contribution in [0, 0.1) is 5.82 Å². The van der Waals surface area contributed by atoms with Crippen molar-refractivity contribution < 1.29 is 14.2 Å². The van der Waals surface area contributed by atoms with Crippen molar-refractivity contribution >= 4 is 22.2 Å². The van der Waals surface area contributed by atoms with Crippen LogP contribution in [0.4, 0.5) is 4.39 Å². The molecule has 0 spiro atoms. The van der Waals surface area contributed by atoms with Crippen molar-refractivity contribution in [2.75, 3.05) is 6.61 Å². The molecule has 0 saturated carbocycles. The van der Waals surface area contributed by atoms with Crippen LogP contribution in [0.3, 0.4) is 0 Å². The molecule has 4 nitrogen and oxygen atoms in total. The second kappa shape index (κ2) is 6.15. The van der Waals surface area contributed by atoms with E-state index in [9.17, 15) is 9.50 Å². The first-order valence-corrected chi connectivity index (χ1v) is 10.4. The molecule has 3 heterocycles. The zero-order valence-corrected chi connectivity index (χ0v) is 17.3. The Balaban J connectivity index is 1.96. The Morgan fingerprint density at radius 2 is 1.90 bits per heavy atom. The molecule has 0 amide bonds. The summed E-state index contributed by atoms with van der Waals surface area (Å²) in [5.41, 5.74) is 4.45. The van der Waals surface area contributed by atoms with Crippen molar-refractivity contribution in [1.82, 2.24) is 9.55 Å². The highest BCUT2D eigenvalue weighted by Gasteiger charge is 2.47.